The minimum Gasteiger partial charge on any atom is -0.387 e. The van der Waals surface area contributed by atoms with Crippen LogP contribution in [0.1, 0.15) is 50.2 Å². The maximum absolute atomic E-state index is 12.8. The number of hydrogen-bond acceptors (Lipinski definition) is 4. The number of nitrogens with one attached hydrogen (secondary N) is 1. The number of benzene rings is 1. The molecule has 3 aliphatic heterocycles. The molecule has 170 valence electrons. The topological polar surface area (TPSA) is 76.1 Å². The van der Waals surface area contributed by atoms with Gasteiger partial charge >= 0.3 is 6.03 Å². The number of carbonyl (C=O) groups excluding carboxylic acids is 2. The maximum Gasteiger partial charge on any atom is 0.317 e. The molecule has 3 amide bonds. The molecule has 0 radical (unpaired) electrons. The van der Waals surface area contributed by atoms with E-state index < -0.39 is 5.60 Å². The summed E-state index contributed by atoms with van der Waals surface area (Å²) >= 11 is 0. The molecule has 0 aliphatic carbocycles. The van der Waals surface area contributed by atoms with E-state index in [1.54, 1.807) is 6.92 Å². The molecule has 31 heavy (non-hydrogen) atoms. The number of piperidine rings is 2. The van der Waals surface area contributed by atoms with Gasteiger partial charge in [-0.15, -0.1) is 0 Å². The predicted octanol–water partition coefficient (Wildman–Crippen LogP) is 1.98. The summed E-state index contributed by atoms with van der Waals surface area (Å²) < 4.78 is 0. The molecule has 7 heteroatoms. The molecule has 3 heterocycles. The average Bonchev–Trinajstić information content (AvgIpc) is 2.77. The standard InChI is InChI=1S/C24H36N4O3/c1-24(31,18-26-14-11-19-7-2-3-8-20(19)15-26)17-25-23(30)27-12-6-9-21(16-27)28-13-5-4-10-22(28)29/h2-3,7-8,21,31H,4-6,9-18H2,1H3,(H,25,30)/t21-,24-/m1/s1. The minimum atomic E-state index is -1.00. The highest BCUT2D eigenvalue weighted by molar-refractivity contribution is 5.78. The van der Waals surface area contributed by atoms with Crippen LogP contribution in [0, 0.1) is 0 Å². The van der Waals surface area contributed by atoms with Crippen LogP contribution in [-0.2, 0) is 17.8 Å². The van der Waals surface area contributed by atoms with Gasteiger partial charge in [0, 0.05) is 58.3 Å². The van der Waals surface area contributed by atoms with E-state index in [9.17, 15) is 14.7 Å². The van der Waals surface area contributed by atoms with E-state index in [4.69, 9.17) is 0 Å². The van der Waals surface area contributed by atoms with Crippen LogP contribution < -0.4 is 5.32 Å². The predicted molar refractivity (Wildman–Crippen MR) is 120 cm³/mol. The van der Waals surface area contributed by atoms with E-state index in [1.165, 1.54) is 11.1 Å². The Labute approximate surface area is 185 Å². The first-order valence-electron chi connectivity index (χ1n) is 11.7. The molecule has 0 bridgehead atoms. The van der Waals surface area contributed by atoms with Crippen molar-refractivity contribution in [3.05, 3.63) is 35.4 Å². The Balaban J connectivity index is 1.26. The molecule has 0 unspecified atom stereocenters. The zero-order chi connectivity index (χ0) is 21.8. The summed E-state index contributed by atoms with van der Waals surface area (Å²) in [5.41, 5.74) is 1.71. The summed E-state index contributed by atoms with van der Waals surface area (Å²) in [6, 6.07) is 8.45. The second kappa shape index (κ2) is 9.57. The number of carbonyl (C=O) groups is 2. The fraction of sp³-hybridized carbons (Fsp3) is 0.667. The molecular weight excluding hydrogens is 392 g/mol. The lowest BCUT2D eigenvalue weighted by Gasteiger charge is -2.41. The smallest absolute Gasteiger partial charge is 0.317 e. The molecule has 3 aliphatic rings. The molecule has 7 nitrogen and oxygen atoms in total. The van der Waals surface area contributed by atoms with E-state index in [0.717, 1.165) is 51.7 Å². The van der Waals surface area contributed by atoms with Crippen molar-refractivity contribution >= 4 is 11.9 Å². The van der Waals surface area contributed by atoms with Crippen molar-refractivity contribution in [2.24, 2.45) is 0 Å². The zero-order valence-corrected chi connectivity index (χ0v) is 18.7. The molecule has 2 fully saturated rings. The molecule has 0 saturated carbocycles. The first-order chi connectivity index (χ1) is 14.9. The molecule has 4 rings (SSSR count). The molecule has 0 aromatic heterocycles. The Bertz CT molecular complexity index is 797. The Morgan fingerprint density at radius 1 is 1.13 bits per heavy atom. The Hall–Kier alpha value is -2.12. The number of urea groups is 1. The Kier molecular flexibility index (Phi) is 6.82. The summed E-state index contributed by atoms with van der Waals surface area (Å²) in [4.78, 5) is 31.1. The van der Waals surface area contributed by atoms with Gasteiger partial charge in [0.2, 0.25) is 5.91 Å². The van der Waals surface area contributed by atoms with Gasteiger partial charge in [-0.05, 0) is 50.2 Å². The molecule has 2 atom stereocenters. The lowest BCUT2D eigenvalue weighted by Crippen LogP contribution is -2.56. The van der Waals surface area contributed by atoms with Crippen LogP contribution >= 0.6 is 0 Å². The summed E-state index contributed by atoms with van der Waals surface area (Å²) in [5, 5.41) is 13.9. The van der Waals surface area contributed by atoms with E-state index in [0.29, 0.717) is 26.1 Å². The molecule has 0 spiro atoms. The van der Waals surface area contributed by atoms with Gasteiger partial charge in [-0.25, -0.2) is 4.79 Å². The van der Waals surface area contributed by atoms with E-state index in [-0.39, 0.29) is 24.5 Å². The van der Waals surface area contributed by atoms with Crippen molar-refractivity contribution in [2.75, 3.05) is 39.3 Å². The number of nitrogens with zero attached hydrogens (tertiary/aromatic N) is 3. The van der Waals surface area contributed by atoms with Gasteiger partial charge in [-0.3, -0.25) is 9.69 Å². The first-order valence-corrected chi connectivity index (χ1v) is 11.7. The zero-order valence-electron chi connectivity index (χ0n) is 18.7. The van der Waals surface area contributed by atoms with Crippen molar-refractivity contribution < 1.29 is 14.7 Å². The largest absolute Gasteiger partial charge is 0.387 e. The third-order valence-corrected chi connectivity index (χ3v) is 6.88. The van der Waals surface area contributed by atoms with E-state index in [2.05, 4.69) is 34.5 Å². The number of fused-ring (bicyclic) bond motifs is 1. The normalized spacial score (nSPS) is 24.5. The maximum atomic E-state index is 12.8. The number of likely N-dealkylation sites (tertiary alicyclic amines) is 2. The highest BCUT2D eigenvalue weighted by Gasteiger charge is 2.33. The van der Waals surface area contributed by atoms with Gasteiger partial charge in [0.15, 0.2) is 0 Å². The van der Waals surface area contributed by atoms with Gasteiger partial charge in [-0.1, -0.05) is 24.3 Å². The lowest BCUT2D eigenvalue weighted by molar-refractivity contribution is -0.136. The van der Waals surface area contributed by atoms with Crippen LogP contribution in [0.3, 0.4) is 0 Å². The lowest BCUT2D eigenvalue weighted by atomic mass is 9.98. The van der Waals surface area contributed by atoms with Crippen LogP contribution in [0.5, 0.6) is 0 Å². The third kappa shape index (κ3) is 5.57. The van der Waals surface area contributed by atoms with Crippen LogP contribution in [0.4, 0.5) is 4.79 Å². The van der Waals surface area contributed by atoms with Gasteiger partial charge in [-0.2, -0.15) is 0 Å². The Morgan fingerprint density at radius 3 is 2.74 bits per heavy atom. The fourth-order valence-electron chi connectivity index (χ4n) is 5.21. The minimum absolute atomic E-state index is 0.126. The molecule has 1 aromatic carbocycles. The van der Waals surface area contributed by atoms with Crippen molar-refractivity contribution in [3.8, 4) is 0 Å². The van der Waals surface area contributed by atoms with Crippen molar-refractivity contribution in [1.29, 1.82) is 0 Å². The van der Waals surface area contributed by atoms with Gasteiger partial charge < -0.3 is 20.2 Å². The summed E-state index contributed by atoms with van der Waals surface area (Å²) in [5.74, 6) is 0.226. The summed E-state index contributed by atoms with van der Waals surface area (Å²) in [6.45, 7) is 6.38. The first kappa shape index (κ1) is 22.1. The quantitative estimate of drug-likeness (QED) is 0.752. The summed E-state index contributed by atoms with van der Waals surface area (Å²) in [7, 11) is 0. The number of amides is 3. The fourth-order valence-corrected chi connectivity index (χ4v) is 5.21. The Morgan fingerprint density at radius 2 is 1.94 bits per heavy atom. The second-order valence-electron chi connectivity index (χ2n) is 9.67. The molecule has 2 saturated heterocycles. The highest BCUT2D eigenvalue weighted by atomic mass is 16.3. The molecule has 2 N–H and O–H groups in total. The van der Waals surface area contributed by atoms with Crippen LogP contribution in [0.15, 0.2) is 24.3 Å². The van der Waals surface area contributed by atoms with E-state index >= 15 is 0 Å². The van der Waals surface area contributed by atoms with Gasteiger partial charge in [0.1, 0.15) is 0 Å². The van der Waals surface area contributed by atoms with Crippen molar-refractivity contribution in [2.45, 2.75) is 63.6 Å². The molecule has 1 aromatic rings. The SMILES string of the molecule is C[C@@](O)(CNC(=O)N1CCC[C@@H](N2CCCCC2=O)C1)CN1CCc2ccccc2C1. The monoisotopic (exact) mass is 428 g/mol. The van der Waals surface area contributed by atoms with Crippen LogP contribution in [0.2, 0.25) is 0 Å². The third-order valence-electron chi connectivity index (χ3n) is 6.88. The highest BCUT2D eigenvalue weighted by Crippen LogP contribution is 2.22. The van der Waals surface area contributed by atoms with Crippen LogP contribution in [0.25, 0.3) is 0 Å². The number of aliphatic hydroxyl groups is 1. The number of rotatable bonds is 5. The average molecular weight is 429 g/mol. The van der Waals surface area contributed by atoms with Gasteiger partial charge in [0.25, 0.3) is 0 Å². The number of hydrogen-bond donors (Lipinski definition) is 2. The van der Waals surface area contributed by atoms with Crippen molar-refractivity contribution in [1.82, 2.24) is 20.0 Å². The van der Waals surface area contributed by atoms with Crippen LogP contribution in [-0.4, -0.2) is 82.7 Å². The van der Waals surface area contributed by atoms with E-state index in [1.807, 2.05) is 9.80 Å². The summed E-state index contributed by atoms with van der Waals surface area (Å²) in [6.07, 6.45) is 5.52. The van der Waals surface area contributed by atoms with Crippen molar-refractivity contribution in [3.63, 3.8) is 0 Å². The van der Waals surface area contributed by atoms with Gasteiger partial charge in [0.05, 0.1) is 5.60 Å². The number of β-amino-alcohol motifs (C(OH)–C–C–N with tert-alkyl or cyclic N) is 1. The molecular formula is C24H36N4O3. The second-order valence-corrected chi connectivity index (χ2v) is 9.67.